The van der Waals surface area contributed by atoms with Gasteiger partial charge in [0.1, 0.15) is 0 Å². The van der Waals surface area contributed by atoms with Crippen molar-refractivity contribution >= 4 is 27.4 Å². The molecule has 0 bridgehead atoms. The Balaban J connectivity index is 2.51. The Kier molecular flexibility index (Phi) is 3.92. The molecule has 0 aromatic heterocycles. The Morgan fingerprint density at radius 1 is 1.43 bits per heavy atom. The number of carbonyl (C=O) groups excluding carboxylic acids is 1. The topological polar surface area (TPSA) is 54.5 Å². The molecule has 6 heteroatoms. The molecule has 1 aliphatic rings. The van der Waals surface area contributed by atoms with Crippen LogP contribution in [-0.4, -0.2) is 43.7 Å². The zero-order valence-electron chi connectivity index (χ0n) is 8.07. The highest BCUT2D eigenvalue weighted by atomic mass is 35.5. The lowest BCUT2D eigenvalue weighted by molar-refractivity contribution is -0.121. The summed E-state index contributed by atoms with van der Waals surface area (Å²) >= 11 is 5.43. The van der Waals surface area contributed by atoms with Gasteiger partial charge in [0.05, 0.1) is 12.1 Å². The lowest BCUT2D eigenvalue weighted by atomic mass is 9.94. The molecule has 0 aliphatic carbocycles. The summed E-state index contributed by atoms with van der Waals surface area (Å²) in [6, 6.07) is 0. The Hall–Kier alpha value is -0.130. The van der Waals surface area contributed by atoms with Gasteiger partial charge in [0.2, 0.25) is 10.0 Å². The third-order valence-electron chi connectivity index (χ3n) is 2.51. The van der Waals surface area contributed by atoms with Gasteiger partial charge in [-0.25, -0.2) is 12.7 Å². The maximum absolute atomic E-state index is 11.2. The third kappa shape index (κ3) is 2.93. The molecule has 0 atom stereocenters. The number of rotatable bonds is 3. The van der Waals surface area contributed by atoms with Gasteiger partial charge in [-0.2, -0.15) is 0 Å². The molecule has 1 fully saturated rings. The maximum atomic E-state index is 11.2. The number of hydrogen-bond acceptors (Lipinski definition) is 3. The molecule has 0 aromatic rings. The number of carbonyl (C=O) groups is 1. The van der Waals surface area contributed by atoms with Crippen molar-refractivity contribution in [1.82, 2.24) is 4.31 Å². The second kappa shape index (κ2) is 4.59. The molecular formula is C8H14ClNO3S. The molecular weight excluding hydrogens is 226 g/mol. The van der Waals surface area contributed by atoms with Crippen LogP contribution in [-0.2, 0) is 14.8 Å². The summed E-state index contributed by atoms with van der Waals surface area (Å²) in [4.78, 5) is 11.2. The van der Waals surface area contributed by atoms with E-state index >= 15 is 0 Å². The number of nitrogens with zero attached hydrogens (tertiary/aromatic N) is 1. The van der Waals surface area contributed by atoms with E-state index in [2.05, 4.69) is 0 Å². The van der Waals surface area contributed by atoms with Crippen LogP contribution in [0.25, 0.3) is 0 Å². The SMILES string of the molecule is CS(=O)(=O)N1CCC(C(=O)CCl)CC1. The molecule has 0 spiro atoms. The normalized spacial score (nSPS) is 21.0. The van der Waals surface area contributed by atoms with Crippen molar-refractivity contribution in [3.05, 3.63) is 0 Å². The zero-order valence-corrected chi connectivity index (χ0v) is 9.64. The Morgan fingerprint density at radius 3 is 2.29 bits per heavy atom. The van der Waals surface area contributed by atoms with Crippen molar-refractivity contribution < 1.29 is 13.2 Å². The van der Waals surface area contributed by atoms with Crippen LogP contribution in [0.4, 0.5) is 0 Å². The average Bonchev–Trinajstić information content (AvgIpc) is 2.15. The third-order valence-corrected chi connectivity index (χ3v) is 4.08. The number of Topliss-reactive ketones (excluding diaryl/α,β-unsaturated/α-hetero) is 1. The maximum Gasteiger partial charge on any atom is 0.211 e. The van der Waals surface area contributed by atoms with E-state index in [-0.39, 0.29) is 17.6 Å². The van der Waals surface area contributed by atoms with Gasteiger partial charge in [-0.15, -0.1) is 11.6 Å². The number of alkyl halides is 1. The highest BCUT2D eigenvalue weighted by Crippen LogP contribution is 2.20. The fourth-order valence-corrected chi connectivity index (χ4v) is 2.71. The zero-order chi connectivity index (χ0) is 10.8. The van der Waals surface area contributed by atoms with Crippen LogP contribution in [0.1, 0.15) is 12.8 Å². The molecule has 82 valence electrons. The van der Waals surface area contributed by atoms with Gasteiger partial charge >= 0.3 is 0 Å². The van der Waals surface area contributed by atoms with E-state index in [9.17, 15) is 13.2 Å². The minimum absolute atomic E-state index is 0.0276. The van der Waals surface area contributed by atoms with Gasteiger partial charge < -0.3 is 0 Å². The van der Waals surface area contributed by atoms with Crippen LogP contribution in [0.3, 0.4) is 0 Å². The molecule has 0 radical (unpaired) electrons. The van der Waals surface area contributed by atoms with Crippen LogP contribution in [0.15, 0.2) is 0 Å². The van der Waals surface area contributed by atoms with E-state index in [1.165, 1.54) is 10.6 Å². The summed E-state index contributed by atoms with van der Waals surface area (Å²) in [6.07, 6.45) is 2.38. The molecule has 0 N–H and O–H groups in total. The van der Waals surface area contributed by atoms with Gasteiger partial charge in [0.15, 0.2) is 5.78 Å². The Morgan fingerprint density at radius 2 is 1.93 bits per heavy atom. The van der Waals surface area contributed by atoms with Crippen molar-refractivity contribution in [1.29, 1.82) is 0 Å². The second-order valence-electron chi connectivity index (χ2n) is 3.54. The van der Waals surface area contributed by atoms with Gasteiger partial charge in [0, 0.05) is 19.0 Å². The first-order chi connectivity index (χ1) is 6.45. The van der Waals surface area contributed by atoms with E-state index in [1.807, 2.05) is 0 Å². The molecule has 1 saturated heterocycles. The second-order valence-corrected chi connectivity index (χ2v) is 5.79. The average molecular weight is 240 g/mol. The first-order valence-electron chi connectivity index (χ1n) is 4.49. The monoisotopic (exact) mass is 239 g/mol. The van der Waals surface area contributed by atoms with Gasteiger partial charge in [-0.3, -0.25) is 4.79 Å². The van der Waals surface area contributed by atoms with Crippen molar-refractivity contribution in [2.45, 2.75) is 12.8 Å². The summed E-state index contributed by atoms with van der Waals surface area (Å²) in [7, 11) is -3.09. The number of hydrogen-bond donors (Lipinski definition) is 0. The van der Waals surface area contributed by atoms with Crippen LogP contribution < -0.4 is 0 Å². The van der Waals surface area contributed by atoms with Crippen LogP contribution in [0.5, 0.6) is 0 Å². The van der Waals surface area contributed by atoms with Gasteiger partial charge in [-0.05, 0) is 12.8 Å². The minimum atomic E-state index is -3.09. The first-order valence-corrected chi connectivity index (χ1v) is 6.87. The fourth-order valence-electron chi connectivity index (χ4n) is 1.62. The number of ketones is 1. The number of sulfonamides is 1. The summed E-state index contributed by atoms with van der Waals surface area (Å²) in [5.41, 5.74) is 0. The molecule has 1 aliphatic heterocycles. The smallest absolute Gasteiger partial charge is 0.211 e. The lowest BCUT2D eigenvalue weighted by Crippen LogP contribution is -2.39. The van der Waals surface area contributed by atoms with E-state index in [0.717, 1.165) is 0 Å². The van der Waals surface area contributed by atoms with E-state index in [1.54, 1.807) is 0 Å². The fraction of sp³-hybridized carbons (Fsp3) is 0.875. The predicted molar refractivity (Wildman–Crippen MR) is 54.9 cm³/mol. The van der Waals surface area contributed by atoms with E-state index in [0.29, 0.717) is 25.9 Å². The van der Waals surface area contributed by atoms with Crippen LogP contribution in [0, 0.1) is 5.92 Å². The van der Waals surface area contributed by atoms with Crippen LogP contribution >= 0.6 is 11.6 Å². The van der Waals surface area contributed by atoms with Crippen molar-refractivity contribution in [3.8, 4) is 0 Å². The first kappa shape index (κ1) is 11.9. The quantitative estimate of drug-likeness (QED) is 0.673. The highest BCUT2D eigenvalue weighted by Gasteiger charge is 2.27. The highest BCUT2D eigenvalue weighted by molar-refractivity contribution is 7.88. The standard InChI is InChI=1S/C8H14ClNO3S/c1-14(12,13)10-4-2-7(3-5-10)8(11)6-9/h7H,2-6H2,1H3. The molecule has 1 heterocycles. The molecule has 0 saturated carbocycles. The van der Waals surface area contributed by atoms with Gasteiger partial charge in [0.25, 0.3) is 0 Å². The lowest BCUT2D eigenvalue weighted by Gasteiger charge is -2.28. The molecule has 1 rings (SSSR count). The van der Waals surface area contributed by atoms with Crippen LogP contribution in [0.2, 0.25) is 0 Å². The minimum Gasteiger partial charge on any atom is -0.298 e. The molecule has 4 nitrogen and oxygen atoms in total. The summed E-state index contributed by atoms with van der Waals surface area (Å²) in [5, 5.41) is 0. The van der Waals surface area contributed by atoms with Crippen molar-refractivity contribution in [3.63, 3.8) is 0 Å². The molecule has 0 amide bonds. The number of piperidine rings is 1. The molecule has 14 heavy (non-hydrogen) atoms. The van der Waals surface area contributed by atoms with Crippen molar-refractivity contribution in [2.24, 2.45) is 5.92 Å². The summed E-state index contributed by atoms with van der Waals surface area (Å²) in [5.74, 6) is 0.00844. The van der Waals surface area contributed by atoms with Crippen molar-refractivity contribution in [2.75, 3.05) is 25.2 Å². The Bertz CT molecular complexity index is 307. The predicted octanol–water partition coefficient (Wildman–Crippen LogP) is 0.466. The van der Waals surface area contributed by atoms with E-state index < -0.39 is 10.0 Å². The number of halogens is 1. The van der Waals surface area contributed by atoms with Gasteiger partial charge in [-0.1, -0.05) is 0 Å². The van der Waals surface area contributed by atoms with E-state index in [4.69, 9.17) is 11.6 Å². The molecule has 0 aromatic carbocycles. The largest absolute Gasteiger partial charge is 0.298 e. The Labute approximate surface area is 89.3 Å². The summed E-state index contributed by atoms with van der Waals surface area (Å²) in [6.45, 7) is 0.873. The summed E-state index contributed by atoms with van der Waals surface area (Å²) < 4.78 is 23.7. The molecule has 0 unspecified atom stereocenters.